The van der Waals surface area contributed by atoms with Crippen molar-refractivity contribution in [1.29, 1.82) is 0 Å². The Labute approximate surface area is 60.9 Å². The molecule has 10 heavy (non-hydrogen) atoms. The standard InChI is InChI=1S/C8H13NO/c10-7-2-1-4-8-5-3-6-9-8/h3,5-6,9-10H,1-2,4,7H2. The van der Waals surface area contributed by atoms with Crippen molar-refractivity contribution in [2.24, 2.45) is 0 Å². The van der Waals surface area contributed by atoms with Crippen LogP contribution in [0.1, 0.15) is 18.5 Å². The third-order valence-corrected chi connectivity index (χ3v) is 1.52. The van der Waals surface area contributed by atoms with Gasteiger partial charge in [-0.25, -0.2) is 0 Å². The van der Waals surface area contributed by atoms with Crippen LogP contribution < -0.4 is 0 Å². The molecule has 1 rings (SSSR count). The molecule has 1 aromatic rings. The smallest absolute Gasteiger partial charge is 0.0431 e. The second-order valence-electron chi connectivity index (χ2n) is 2.38. The molecule has 0 aliphatic carbocycles. The number of rotatable bonds is 4. The van der Waals surface area contributed by atoms with Crippen LogP contribution in [0.15, 0.2) is 18.3 Å². The number of aryl methyl sites for hydroxylation is 1. The number of aliphatic hydroxyl groups is 1. The Balaban J connectivity index is 2.15. The molecule has 2 nitrogen and oxygen atoms in total. The third kappa shape index (κ3) is 2.23. The zero-order valence-corrected chi connectivity index (χ0v) is 6.01. The van der Waals surface area contributed by atoms with Gasteiger partial charge in [0, 0.05) is 18.5 Å². The van der Waals surface area contributed by atoms with E-state index < -0.39 is 0 Å². The number of aromatic amines is 1. The highest BCUT2D eigenvalue weighted by Crippen LogP contribution is 2.00. The Kier molecular flexibility index (Phi) is 3.03. The van der Waals surface area contributed by atoms with E-state index in [2.05, 4.69) is 11.1 Å². The fourth-order valence-corrected chi connectivity index (χ4v) is 0.950. The van der Waals surface area contributed by atoms with Gasteiger partial charge >= 0.3 is 0 Å². The van der Waals surface area contributed by atoms with Crippen LogP contribution in [0.5, 0.6) is 0 Å². The molecule has 0 aromatic carbocycles. The summed E-state index contributed by atoms with van der Waals surface area (Å²) in [6.45, 7) is 0.306. The first-order valence-corrected chi connectivity index (χ1v) is 3.66. The summed E-state index contributed by atoms with van der Waals surface area (Å²) in [5.74, 6) is 0. The van der Waals surface area contributed by atoms with E-state index in [0.29, 0.717) is 6.61 Å². The van der Waals surface area contributed by atoms with Crippen LogP contribution in [0.2, 0.25) is 0 Å². The van der Waals surface area contributed by atoms with Gasteiger partial charge < -0.3 is 10.1 Å². The number of unbranched alkanes of at least 4 members (excludes halogenated alkanes) is 1. The summed E-state index contributed by atoms with van der Waals surface area (Å²) < 4.78 is 0. The fraction of sp³-hybridized carbons (Fsp3) is 0.500. The van der Waals surface area contributed by atoms with E-state index in [1.807, 2.05) is 12.3 Å². The van der Waals surface area contributed by atoms with Gasteiger partial charge in [-0.2, -0.15) is 0 Å². The first-order chi connectivity index (χ1) is 4.93. The minimum absolute atomic E-state index is 0.306. The first-order valence-electron chi connectivity index (χ1n) is 3.66. The summed E-state index contributed by atoms with van der Waals surface area (Å²) in [6, 6.07) is 4.06. The number of aliphatic hydroxyl groups excluding tert-OH is 1. The lowest BCUT2D eigenvalue weighted by Crippen LogP contribution is -1.87. The zero-order chi connectivity index (χ0) is 7.23. The van der Waals surface area contributed by atoms with Crippen LogP contribution >= 0.6 is 0 Å². The van der Waals surface area contributed by atoms with Gasteiger partial charge in [0.15, 0.2) is 0 Å². The molecule has 0 atom stereocenters. The van der Waals surface area contributed by atoms with E-state index in [1.54, 1.807) is 0 Å². The van der Waals surface area contributed by atoms with Gasteiger partial charge in [-0.1, -0.05) is 0 Å². The highest BCUT2D eigenvalue weighted by atomic mass is 16.2. The number of H-pyrrole nitrogens is 1. The van der Waals surface area contributed by atoms with Crippen molar-refractivity contribution >= 4 is 0 Å². The van der Waals surface area contributed by atoms with E-state index in [1.165, 1.54) is 5.69 Å². The number of hydrogen-bond donors (Lipinski definition) is 2. The summed E-state index contributed by atoms with van der Waals surface area (Å²) in [6.07, 6.45) is 4.94. The van der Waals surface area contributed by atoms with Crippen molar-refractivity contribution in [2.75, 3.05) is 6.61 Å². The highest BCUT2D eigenvalue weighted by molar-refractivity contribution is 5.03. The van der Waals surface area contributed by atoms with Crippen LogP contribution in [-0.4, -0.2) is 16.7 Å². The monoisotopic (exact) mass is 139 g/mol. The van der Waals surface area contributed by atoms with Crippen LogP contribution in [0.3, 0.4) is 0 Å². The van der Waals surface area contributed by atoms with Crippen molar-refractivity contribution in [3.05, 3.63) is 24.0 Å². The zero-order valence-electron chi connectivity index (χ0n) is 6.01. The van der Waals surface area contributed by atoms with E-state index >= 15 is 0 Å². The van der Waals surface area contributed by atoms with Crippen LogP contribution in [0.25, 0.3) is 0 Å². The molecule has 0 unspecified atom stereocenters. The van der Waals surface area contributed by atoms with E-state index in [9.17, 15) is 0 Å². The maximum absolute atomic E-state index is 8.48. The van der Waals surface area contributed by atoms with Crippen molar-refractivity contribution in [3.8, 4) is 0 Å². The maximum Gasteiger partial charge on any atom is 0.0431 e. The average molecular weight is 139 g/mol. The summed E-state index contributed by atoms with van der Waals surface area (Å²) in [4.78, 5) is 3.11. The summed E-state index contributed by atoms with van der Waals surface area (Å²) in [5.41, 5.74) is 1.26. The van der Waals surface area contributed by atoms with Crippen molar-refractivity contribution < 1.29 is 5.11 Å². The minimum Gasteiger partial charge on any atom is -0.396 e. The molecule has 0 saturated carbocycles. The van der Waals surface area contributed by atoms with Gasteiger partial charge in [0.2, 0.25) is 0 Å². The Hall–Kier alpha value is -0.760. The molecule has 0 amide bonds. The van der Waals surface area contributed by atoms with Crippen LogP contribution in [0, 0.1) is 0 Å². The molecule has 1 aromatic heterocycles. The lowest BCUT2D eigenvalue weighted by Gasteiger charge is -1.94. The van der Waals surface area contributed by atoms with Gasteiger partial charge in [-0.15, -0.1) is 0 Å². The Bertz CT molecular complexity index is 158. The Morgan fingerprint density at radius 3 is 2.90 bits per heavy atom. The molecular weight excluding hydrogens is 126 g/mol. The topological polar surface area (TPSA) is 36.0 Å². The molecule has 0 radical (unpaired) electrons. The van der Waals surface area contributed by atoms with Gasteiger partial charge in [0.05, 0.1) is 0 Å². The summed E-state index contributed by atoms with van der Waals surface area (Å²) in [5, 5.41) is 8.48. The molecule has 1 heterocycles. The number of nitrogens with one attached hydrogen (secondary N) is 1. The molecule has 2 heteroatoms. The molecular formula is C8H13NO. The van der Waals surface area contributed by atoms with Gasteiger partial charge in [0.25, 0.3) is 0 Å². The summed E-state index contributed by atoms with van der Waals surface area (Å²) >= 11 is 0. The lowest BCUT2D eigenvalue weighted by atomic mass is 10.2. The van der Waals surface area contributed by atoms with Gasteiger partial charge in [-0.05, 0) is 31.4 Å². The fourth-order valence-electron chi connectivity index (χ4n) is 0.950. The predicted molar refractivity (Wildman–Crippen MR) is 40.8 cm³/mol. The van der Waals surface area contributed by atoms with Crippen molar-refractivity contribution in [2.45, 2.75) is 19.3 Å². The predicted octanol–water partition coefficient (Wildman–Crippen LogP) is 1.33. The highest BCUT2D eigenvalue weighted by Gasteiger charge is 1.90. The first kappa shape index (κ1) is 7.35. The van der Waals surface area contributed by atoms with Crippen LogP contribution in [-0.2, 0) is 6.42 Å². The molecule has 0 fully saturated rings. The van der Waals surface area contributed by atoms with E-state index in [0.717, 1.165) is 19.3 Å². The Morgan fingerprint density at radius 2 is 2.30 bits per heavy atom. The van der Waals surface area contributed by atoms with Crippen LogP contribution in [0.4, 0.5) is 0 Å². The average Bonchev–Trinajstić information content (AvgIpc) is 2.41. The maximum atomic E-state index is 8.48. The van der Waals surface area contributed by atoms with Crippen molar-refractivity contribution in [3.63, 3.8) is 0 Å². The van der Waals surface area contributed by atoms with Crippen molar-refractivity contribution in [1.82, 2.24) is 4.98 Å². The van der Waals surface area contributed by atoms with Gasteiger partial charge in [-0.3, -0.25) is 0 Å². The van der Waals surface area contributed by atoms with E-state index in [-0.39, 0.29) is 0 Å². The number of aromatic nitrogens is 1. The Morgan fingerprint density at radius 1 is 1.40 bits per heavy atom. The molecule has 56 valence electrons. The van der Waals surface area contributed by atoms with Gasteiger partial charge in [0.1, 0.15) is 0 Å². The summed E-state index contributed by atoms with van der Waals surface area (Å²) in [7, 11) is 0. The largest absolute Gasteiger partial charge is 0.396 e. The second kappa shape index (κ2) is 4.12. The molecule has 0 spiro atoms. The molecule has 0 aliphatic rings. The molecule has 0 saturated heterocycles. The minimum atomic E-state index is 0.306. The third-order valence-electron chi connectivity index (χ3n) is 1.52. The van der Waals surface area contributed by atoms with E-state index in [4.69, 9.17) is 5.11 Å². The molecule has 2 N–H and O–H groups in total. The number of hydrogen-bond acceptors (Lipinski definition) is 1. The molecule has 0 bridgehead atoms. The SMILES string of the molecule is OCCCCc1ccc[nH]1. The molecule has 0 aliphatic heterocycles. The normalized spacial score (nSPS) is 10.1. The quantitative estimate of drug-likeness (QED) is 0.606. The second-order valence-corrected chi connectivity index (χ2v) is 2.38. The lowest BCUT2D eigenvalue weighted by molar-refractivity contribution is 0.284.